The van der Waals surface area contributed by atoms with Gasteiger partial charge in [0.05, 0.1) is 50.7 Å². The highest BCUT2D eigenvalue weighted by Crippen LogP contribution is 2.45. The van der Waals surface area contributed by atoms with E-state index in [1.807, 2.05) is 0 Å². The number of amides is 1. The number of aromatic hydroxyl groups is 1. The van der Waals surface area contributed by atoms with E-state index in [1.54, 1.807) is 0 Å². The zero-order chi connectivity index (χ0) is 53.9. The van der Waals surface area contributed by atoms with E-state index >= 15 is 0 Å². The minimum Gasteiger partial charge on any atom is -0.505 e. The summed E-state index contributed by atoms with van der Waals surface area (Å²) in [5.41, 5.74) is -0.975. The maximum Gasteiger partial charge on any atom is 0.355 e. The number of H-pyrrole nitrogens is 1. The van der Waals surface area contributed by atoms with E-state index in [4.69, 9.17) is 4.74 Å². The lowest BCUT2D eigenvalue weighted by atomic mass is 10.1. The number of aliphatic carboxylic acids is 1. The molecule has 1 aromatic heterocycles. The van der Waals surface area contributed by atoms with Gasteiger partial charge in [-0.05, 0) is 103 Å². The van der Waals surface area contributed by atoms with E-state index in [-0.39, 0.29) is 72.6 Å². The third-order valence-corrected chi connectivity index (χ3v) is 14.6. The number of carboxylic acids is 1. The molecule has 0 bridgehead atoms. The van der Waals surface area contributed by atoms with Gasteiger partial charge in [0.1, 0.15) is 32.7 Å². The number of carbonyl (C=O) groups excluding carboxylic acids is 1. The van der Waals surface area contributed by atoms with Crippen LogP contribution in [0.4, 0.5) is 34.1 Å². The molecule has 1 atom stereocenters. The maximum atomic E-state index is 13.2. The molecule has 0 saturated carbocycles. The van der Waals surface area contributed by atoms with Crippen LogP contribution in [0.25, 0.3) is 44.0 Å². The average molecular weight is 1100 g/mol. The van der Waals surface area contributed by atoms with Gasteiger partial charge in [-0.25, -0.2) is 9.78 Å². The predicted octanol–water partition coefficient (Wildman–Crippen LogP) is 8.01. The van der Waals surface area contributed by atoms with Gasteiger partial charge in [-0.2, -0.15) is 54.0 Å². The van der Waals surface area contributed by atoms with Crippen LogP contribution < -0.4 is 9.75 Å². The normalized spacial score (nSPS) is 14.8. The van der Waals surface area contributed by atoms with Gasteiger partial charge in [0, 0.05) is 33.2 Å². The van der Waals surface area contributed by atoms with E-state index in [0.717, 1.165) is 48.5 Å². The molecule has 0 radical (unpaired) electrons. The first kappa shape index (κ1) is 51.1. The first-order valence-corrected chi connectivity index (χ1v) is 26.5. The first-order chi connectivity index (χ1) is 35.3. The topological polar surface area (TPSA) is 420 Å². The Hall–Kier alpha value is -8.82. The van der Waals surface area contributed by atoms with Gasteiger partial charge < -0.3 is 19.9 Å². The van der Waals surface area contributed by atoms with Crippen LogP contribution in [0, 0.1) is 0 Å². The van der Waals surface area contributed by atoms with Crippen LogP contribution in [0.2, 0.25) is 0 Å². The fraction of sp³-hybridized carbons (Fsp3) is 0.0455. The van der Waals surface area contributed by atoms with E-state index in [0.29, 0.717) is 10.6 Å². The molecule has 1 amide bonds. The minimum atomic E-state index is -5.21. The zero-order valence-electron chi connectivity index (χ0n) is 37.4. The third kappa shape index (κ3) is 10.1. The third-order valence-electron chi connectivity index (χ3n) is 11.1. The van der Waals surface area contributed by atoms with Crippen LogP contribution in [0.3, 0.4) is 0 Å². The highest BCUT2D eigenvalue weighted by molar-refractivity contribution is 7.86. The van der Waals surface area contributed by atoms with E-state index in [1.165, 1.54) is 73.8 Å². The number of carbonyl (C=O) groups is 2. The number of hydrazone groups is 1. The van der Waals surface area contributed by atoms with Crippen LogP contribution in [0.1, 0.15) is 0 Å². The van der Waals surface area contributed by atoms with Crippen LogP contribution in [0.15, 0.2) is 171 Å². The quantitative estimate of drug-likeness (QED) is 0.0400. The number of nitrogens with one attached hydrogen (secondary N) is 1. The summed E-state index contributed by atoms with van der Waals surface area (Å²) in [6, 6.07) is 21.6. The van der Waals surface area contributed by atoms with Crippen molar-refractivity contribution in [3.05, 3.63) is 115 Å². The van der Waals surface area contributed by atoms with Gasteiger partial charge >= 0.3 is 5.97 Å². The molecule has 382 valence electrons. The number of imidazole rings is 1. The summed E-state index contributed by atoms with van der Waals surface area (Å²) in [4.78, 5) is 30.2. The summed E-state index contributed by atoms with van der Waals surface area (Å²) in [5, 5.41) is 49.9. The van der Waals surface area contributed by atoms with Crippen molar-refractivity contribution in [1.29, 1.82) is 0 Å². The van der Waals surface area contributed by atoms with Crippen molar-refractivity contribution in [2.24, 2.45) is 35.8 Å². The molecule has 7 N–H and O–H groups in total. The standard InChI is InChI=1S/C44H30N10O17S4/c1-71-24-8-14-33(35(18-24)74(65,66)67)50-48-31-16-17-32(29-19-26(73(62,63)64)11-12-27(29)31)49-51-38-36(75(68,69)70)20-30-28(41(38)55)13-15-34-37(30)46-42(45-34)21-2-4-22(5-3-21)47-52-39-40(44(57)58)53-54(43(39)56)23-6-9-25(10-7-23)72(59,60)61/h2-20,39,55H,1H3,(H,45,46)(H,57,58)(H,59,60,61)(H,62,63,64)(H,65,66,67)(H,68,69,70)/b50-48+,51-49+,52-47+. The lowest BCUT2D eigenvalue weighted by Crippen LogP contribution is -2.33. The summed E-state index contributed by atoms with van der Waals surface area (Å²) < 4.78 is 142. The van der Waals surface area contributed by atoms with Crippen LogP contribution in [0.5, 0.6) is 11.5 Å². The van der Waals surface area contributed by atoms with Crippen LogP contribution >= 0.6 is 0 Å². The fourth-order valence-electron chi connectivity index (χ4n) is 7.55. The van der Waals surface area contributed by atoms with Gasteiger partial charge in [-0.1, -0.05) is 6.07 Å². The second kappa shape index (κ2) is 18.9. The number of hydrogen-bond donors (Lipinski definition) is 7. The molecule has 0 saturated heterocycles. The molecule has 27 nitrogen and oxygen atoms in total. The number of anilines is 1. The van der Waals surface area contributed by atoms with Crippen molar-refractivity contribution < 1.29 is 76.4 Å². The van der Waals surface area contributed by atoms with Crippen molar-refractivity contribution in [3.8, 4) is 22.9 Å². The molecule has 1 unspecified atom stereocenters. The number of aromatic nitrogens is 2. The Morgan fingerprint density at radius 2 is 1.23 bits per heavy atom. The van der Waals surface area contributed by atoms with Gasteiger partial charge in [0.25, 0.3) is 46.4 Å². The predicted molar refractivity (Wildman–Crippen MR) is 263 cm³/mol. The molecule has 31 heteroatoms. The number of azo groups is 3. The molecule has 0 fully saturated rings. The highest BCUT2D eigenvalue weighted by atomic mass is 32.2. The lowest BCUT2D eigenvalue weighted by molar-refractivity contribution is -0.130. The number of phenolic OH excluding ortho intramolecular Hbond substituents is 1. The monoisotopic (exact) mass is 1100 g/mol. The summed E-state index contributed by atoms with van der Waals surface area (Å²) in [7, 11) is -18.2. The molecule has 0 spiro atoms. The number of nitrogens with zero attached hydrogens (tertiary/aromatic N) is 9. The van der Waals surface area contributed by atoms with Crippen LogP contribution in [-0.2, 0) is 50.1 Å². The lowest BCUT2D eigenvalue weighted by Gasteiger charge is -2.12. The minimum absolute atomic E-state index is 0.00806. The molecule has 75 heavy (non-hydrogen) atoms. The Morgan fingerprint density at radius 3 is 1.85 bits per heavy atom. The number of aromatic amines is 1. The number of fused-ring (bicyclic) bond motifs is 4. The molecular formula is C44H30N10O17S4. The molecule has 2 heterocycles. The summed E-state index contributed by atoms with van der Waals surface area (Å²) >= 11 is 0. The van der Waals surface area contributed by atoms with Gasteiger partial charge in [0.2, 0.25) is 6.04 Å². The number of benzene rings is 7. The number of hydrogen-bond acceptors (Lipinski definition) is 20. The Balaban J connectivity index is 1.03. The van der Waals surface area contributed by atoms with Gasteiger partial charge in [0.15, 0.2) is 11.5 Å². The number of phenols is 1. The Bertz CT molecular complexity index is 4360. The van der Waals surface area contributed by atoms with Crippen molar-refractivity contribution in [3.63, 3.8) is 0 Å². The summed E-state index contributed by atoms with van der Waals surface area (Å²) in [6.45, 7) is 0. The van der Waals surface area contributed by atoms with Crippen molar-refractivity contribution in [1.82, 2.24) is 9.97 Å². The molecule has 9 rings (SSSR count). The molecule has 1 aliphatic rings. The number of ether oxygens (including phenoxy) is 1. The fourth-order valence-corrected chi connectivity index (χ4v) is 9.82. The number of methoxy groups -OCH3 is 1. The largest absolute Gasteiger partial charge is 0.505 e. The molecule has 7 aromatic carbocycles. The highest BCUT2D eigenvalue weighted by Gasteiger charge is 2.41. The summed E-state index contributed by atoms with van der Waals surface area (Å²) in [5.74, 6) is -3.01. The number of carboxylic acid groups (broad SMARTS) is 1. The van der Waals surface area contributed by atoms with Crippen molar-refractivity contribution >= 4 is 125 Å². The SMILES string of the molecule is COc1ccc(/N=N/c2ccc(/N=N/c3c(S(=O)(=O)O)cc4c(ccc5nc(-c6ccc(/N=N/C7C(=O)N(c8ccc(S(=O)(=O)O)cc8)N=C7C(=O)O)cc6)[nH]c54)c3O)c3cc(S(=O)(=O)O)ccc23)c(S(=O)(=O)O)c1. The Labute approximate surface area is 420 Å². The van der Waals surface area contributed by atoms with Gasteiger partial charge in [-0.3, -0.25) is 23.0 Å². The second-order valence-electron chi connectivity index (χ2n) is 15.8. The van der Waals surface area contributed by atoms with Gasteiger partial charge in [-0.15, -0.1) is 20.5 Å². The number of rotatable bonds is 14. The molecule has 1 aliphatic heterocycles. The van der Waals surface area contributed by atoms with Crippen molar-refractivity contribution in [2.45, 2.75) is 25.6 Å². The second-order valence-corrected chi connectivity index (χ2v) is 21.4. The Morgan fingerprint density at radius 1 is 0.627 bits per heavy atom. The van der Waals surface area contributed by atoms with E-state index < -0.39 is 95.1 Å². The van der Waals surface area contributed by atoms with Crippen LogP contribution in [-0.4, -0.2) is 103 Å². The Kier molecular flexibility index (Phi) is 12.9. The smallest absolute Gasteiger partial charge is 0.355 e. The molecule has 8 aromatic rings. The summed E-state index contributed by atoms with van der Waals surface area (Å²) in [6.07, 6.45) is 0. The van der Waals surface area contributed by atoms with E-state index in [2.05, 4.69) is 45.8 Å². The average Bonchev–Trinajstić information content (AvgIpc) is 3.97. The first-order valence-electron chi connectivity index (χ1n) is 20.7. The maximum absolute atomic E-state index is 13.2. The van der Waals surface area contributed by atoms with Crippen molar-refractivity contribution in [2.75, 3.05) is 12.1 Å². The zero-order valence-corrected chi connectivity index (χ0v) is 40.6. The molecular weight excluding hydrogens is 1070 g/mol. The van der Waals surface area contributed by atoms with E-state index in [9.17, 15) is 71.7 Å². The molecule has 0 aliphatic carbocycles.